The zero-order valence-electron chi connectivity index (χ0n) is 18.4. The Bertz CT molecular complexity index is 1010. The van der Waals surface area contributed by atoms with Crippen LogP contribution in [-0.4, -0.2) is 46.8 Å². The van der Waals surface area contributed by atoms with E-state index in [9.17, 15) is 14.7 Å². The monoisotopic (exact) mass is 451 g/mol. The number of fused-ring (bicyclic) bond motifs is 3. The van der Waals surface area contributed by atoms with Crippen molar-refractivity contribution in [1.82, 2.24) is 10.3 Å². The van der Waals surface area contributed by atoms with E-state index in [0.29, 0.717) is 25.3 Å². The fourth-order valence-corrected chi connectivity index (χ4v) is 4.75. The number of nitrogens with one attached hydrogen (secondary N) is 2. The fourth-order valence-electron chi connectivity index (χ4n) is 4.75. The molecule has 5 rings (SSSR count). The molecule has 1 aromatic carbocycles. The van der Waals surface area contributed by atoms with E-state index in [1.807, 2.05) is 30.3 Å². The summed E-state index contributed by atoms with van der Waals surface area (Å²) in [6.07, 6.45) is 5.90. The molecule has 2 aliphatic heterocycles. The second kappa shape index (κ2) is 9.49. The van der Waals surface area contributed by atoms with E-state index in [1.165, 1.54) is 0 Å². The van der Waals surface area contributed by atoms with Crippen LogP contribution in [0.5, 0.6) is 5.75 Å². The highest BCUT2D eigenvalue weighted by atomic mass is 16.6. The van der Waals surface area contributed by atoms with E-state index >= 15 is 0 Å². The van der Waals surface area contributed by atoms with Gasteiger partial charge in [-0.1, -0.05) is 6.07 Å². The van der Waals surface area contributed by atoms with Crippen LogP contribution in [0.2, 0.25) is 0 Å². The van der Waals surface area contributed by atoms with Gasteiger partial charge in [-0.05, 0) is 55.0 Å². The normalized spacial score (nSPS) is 25.5. The Balaban J connectivity index is 1.24. The van der Waals surface area contributed by atoms with Gasteiger partial charge in [-0.15, -0.1) is 0 Å². The van der Waals surface area contributed by atoms with E-state index < -0.39 is 6.10 Å². The summed E-state index contributed by atoms with van der Waals surface area (Å²) in [7, 11) is 0. The summed E-state index contributed by atoms with van der Waals surface area (Å²) < 4.78 is 12.1. The molecule has 0 bridgehead atoms. The first kappa shape index (κ1) is 21.9. The smallest absolute Gasteiger partial charge is 0.224 e. The molecule has 0 radical (unpaired) electrons. The largest absolute Gasteiger partial charge is 0.487 e. The quantitative estimate of drug-likeness (QED) is 0.569. The summed E-state index contributed by atoms with van der Waals surface area (Å²) in [4.78, 5) is 28.8. The molecule has 3 N–H and O–H groups in total. The summed E-state index contributed by atoms with van der Waals surface area (Å²) in [5.41, 5.74) is 2.67. The Morgan fingerprint density at radius 2 is 2.03 bits per heavy atom. The van der Waals surface area contributed by atoms with Gasteiger partial charge in [0.25, 0.3) is 0 Å². The van der Waals surface area contributed by atoms with Crippen LogP contribution in [0.25, 0.3) is 0 Å². The van der Waals surface area contributed by atoms with Crippen LogP contribution in [0.15, 0.2) is 42.7 Å². The average Bonchev–Trinajstić information content (AvgIpc) is 3.56. The van der Waals surface area contributed by atoms with Gasteiger partial charge in [-0.25, -0.2) is 0 Å². The minimum Gasteiger partial charge on any atom is -0.487 e. The lowest BCUT2D eigenvalue weighted by Gasteiger charge is -2.37. The first-order chi connectivity index (χ1) is 16.1. The zero-order chi connectivity index (χ0) is 22.8. The number of nitrogens with zero attached hydrogens (tertiary/aromatic N) is 1. The first-order valence-corrected chi connectivity index (χ1v) is 11.6. The number of anilines is 1. The van der Waals surface area contributed by atoms with Gasteiger partial charge < -0.3 is 25.2 Å². The second-order valence-corrected chi connectivity index (χ2v) is 9.19. The number of aromatic nitrogens is 1. The standard InChI is InChI=1S/C25H29N3O5/c29-14-22-25-20(10-18(32-22)11-23(30)27-13-16-2-1-7-26-12-16)19-9-17(5-6-21(19)33-25)28-24(31)8-15-3-4-15/h1-2,5-7,9,12,15,18,20,22,25,29H,3-4,8,10-11,13-14H2,(H,27,30)(H,28,31)/t18-,20-,22-,25+/m1/s1. The molecular weight excluding hydrogens is 422 g/mol. The summed E-state index contributed by atoms with van der Waals surface area (Å²) >= 11 is 0. The SMILES string of the molecule is O=C(C[C@H]1C[C@@H]2c3cc(NC(=O)CC4CC4)ccc3O[C@@H]2[C@@H](CO)O1)NCc1cccnc1. The van der Waals surface area contributed by atoms with Gasteiger partial charge in [-0.2, -0.15) is 0 Å². The third-order valence-corrected chi connectivity index (χ3v) is 6.58. The molecule has 0 spiro atoms. The number of rotatable bonds is 8. The molecule has 33 heavy (non-hydrogen) atoms. The summed E-state index contributed by atoms with van der Waals surface area (Å²) in [6, 6.07) is 9.41. The van der Waals surface area contributed by atoms with Crippen molar-refractivity contribution in [3.63, 3.8) is 0 Å². The first-order valence-electron chi connectivity index (χ1n) is 11.6. The van der Waals surface area contributed by atoms with Gasteiger partial charge in [0.1, 0.15) is 18.0 Å². The van der Waals surface area contributed by atoms with Crippen LogP contribution in [0.3, 0.4) is 0 Å². The third-order valence-electron chi connectivity index (χ3n) is 6.58. The third kappa shape index (κ3) is 5.17. The van der Waals surface area contributed by atoms with Crippen molar-refractivity contribution in [3.05, 3.63) is 53.9 Å². The molecule has 1 aliphatic carbocycles. The molecular formula is C25H29N3O5. The highest BCUT2D eigenvalue weighted by Gasteiger charge is 2.46. The zero-order valence-corrected chi connectivity index (χ0v) is 18.4. The molecule has 8 nitrogen and oxygen atoms in total. The van der Waals surface area contributed by atoms with E-state index in [4.69, 9.17) is 9.47 Å². The molecule has 3 heterocycles. The lowest BCUT2D eigenvalue weighted by Crippen LogP contribution is -2.47. The topological polar surface area (TPSA) is 110 Å². The van der Waals surface area contributed by atoms with Gasteiger partial charge in [0.2, 0.25) is 11.8 Å². The molecule has 0 unspecified atom stereocenters. The maximum absolute atomic E-state index is 12.5. The molecule has 174 valence electrons. The molecule has 1 aromatic heterocycles. The number of carbonyl (C=O) groups is 2. The number of hydrogen-bond donors (Lipinski definition) is 3. The molecule has 2 aromatic rings. The predicted octanol–water partition coefficient (Wildman–Crippen LogP) is 2.52. The molecule has 2 fully saturated rings. The van der Waals surface area contributed by atoms with Crippen LogP contribution in [0, 0.1) is 5.92 Å². The van der Waals surface area contributed by atoms with Crippen molar-refractivity contribution in [2.24, 2.45) is 5.92 Å². The molecule has 1 saturated carbocycles. The predicted molar refractivity (Wildman–Crippen MR) is 121 cm³/mol. The number of carbonyl (C=O) groups excluding carboxylic acids is 2. The number of aliphatic hydroxyl groups excluding tert-OH is 1. The summed E-state index contributed by atoms with van der Waals surface area (Å²) in [6.45, 7) is 0.221. The Morgan fingerprint density at radius 1 is 1.15 bits per heavy atom. The van der Waals surface area contributed by atoms with Crippen LogP contribution in [0.4, 0.5) is 5.69 Å². The number of aliphatic hydroxyl groups is 1. The van der Waals surface area contributed by atoms with Crippen molar-refractivity contribution in [3.8, 4) is 5.75 Å². The number of amides is 2. The second-order valence-electron chi connectivity index (χ2n) is 9.19. The molecule has 1 saturated heterocycles. The molecule has 4 atom stereocenters. The van der Waals surface area contributed by atoms with E-state index in [2.05, 4.69) is 15.6 Å². The number of hydrogen-bond acceptors (Lipinski definition) is 6. The van der Waals surface area contributed by atoms with Gasteiger partial charge in [0, 0.05) is 42.5 Å². The number of benzene rings is 1. The van der Waals surface area contributed by atoms with Crippen molar-refractivity contribution in [2.45, 2.75) is 62.9 Å². The van der Waals surface area contributed by atoms with Crippen LogP contribution in [0.1, 0.15) is 49.1 Å². The van der Waals surface area contributed by atoms with Crippen molar-refractivity contribution in [1.29, 1.82) is 0 Å². The number of pyridine rings is 1. The highest BCUT2D eigenvalue weighted by molar-refractivity contribution is 5.91. The van der Waals surface area contributed by atoms with E-state index in [1.54, 1.807) is 12.4 Å². The van der Waals surface area contributed by atoms with E-state index in [-0.39, 0.29) is 43.0 Å². The van der Waals surface area contributed by atoms with Gasteiger partial charge >= 0.3 is 0 Å². The lowest BCUT2D eigenvalue weighted by molar-refractivity contribution is -0.142. The molecule has 8 heteroatoms. The highest BCUT2D eigenvalue weighted by Crippen LogP contribution is 2.47. The maximum Gasteiger partial charge on any atom is 0.224 e. The Labute approximate surface area is 192 Å². The number of ether oxygens (including phenoxy) is 2. The Morgan fingerprint density at radius 3 is 2.79 bits per heavy atom. The van der Waals surface area contributed by atoms with Crippen molar-refractivity contribution >= 4 is 17.5 Å². The minimum absolute atomic E-state index is 0.0118. The van der Waals surface area contributed by atoms with E-state index in [0.717, 1.165) is 35.4 Å². The van der Waals surface area contributed by atoms with Gasteiger partial charge in [0.05, 0.1) is 19.1 Å². The van der Waals surface area contributed by atoms with Crippen LogP contribution < -0.4 is 15.4 Å². The van der Waals surface area contributed by atoms with Crippen molar-refractivity contribution < 1.29 is 24.2 Å². The fraction of sp³-hybridized carbons (Fsp3) is 0.480. The van der Waals surface area contributed by atoms with Crippen LogP contribution in [-0.2, 0) is 20.9 Å². The van der Waals surface area contributed by atoms with Crippen LogP contribution >= 0.6 is 0 Å². The van der Waals surface area contributed by atoms with Gasteiger partial charge in [0.15, 0.2) is 0 Å². The molecule has 2 amide bonds. The molecule has 3 aliphatic rings. The summed E-state index contributed by atoms with van der Waals surface area (Å²) in [5.74, 6) is 1.18. The van der Waals surface area contributed by atoms with Gasteiger partial charge in [-0.3, -0.25) is 14.6 Å². The maximum atomic E-state index is 12.5. The van der Waals surface area contributed by atoms with Crippen molar-refractivity contribution in [2.75, 3.05) is 11.9 Å². The average molecular weight is 452 g/mol. The Kier molecular flexibility index (Phi) is 6.28. The Hall–Kier alpha value is -2.97. The summed E-state index contributed by atoms with van der Waals surface area (Å²) in [5, 5.41) is 15.8. The minimum atomic E-state index is -0.514. The lowest BCUT2D eigenvalue weighted by atomic mass is 9.84.